The van der Waals surface area contributed by atoms with E-state index in [9.17, 15) is 9.59 Å². The highest BCUT2D eigenvalue weighted by molar-refractivity contribution is 9.10. The van der Waals surface area contributed by atoms with Gasteiger partial charge in [0, 0.05) is 17.1 Å². The van der Waals surface area contributed by atoms with E-state index in [2.05, 4.69) is 21.2 Å². The number of nitrogens with zero attached hydrogens (tertiary/aromatic N) is 1. The summed E-state index contributed by atoms with van der Waals surface area (Å²) in [6.45, 7) is 6.23. The summed E-state index contributed by atoms with van der Waals surface area (Å²) in [5, 5.41) is 11.8. The van der Waals surface area contributed by atoms with Gasteiger partial charge in [-0.1, -0.05) is 6.07 Å². The minimum absolute atomic E-state index is 0.0424. The summed E-state index contributed by atoms with van der Waals surface area (Å²) >= 11 is 3.26. The molecule has 5 nitrogen and oxygen atoms in total. The number of rotatable bonds is 4. The van der Waals surface area contributed by atoms with Gasteiger partial charge in [0.05, 0.1) is 11.3 Å². The largest absolute Gasteiger partial charge is 0.478 e. The van der Waals surface area contributed by atoms with Gasteiger partial charge in [-0.05, 0) is 48.8 Å². The van der Waals surface area contributed by atoms with Crippen molar-refractivity contribution in [3.05, 3.63) is 28.2 Å². The summed E-state index contributed by atoms with van der Waals surface area (Å²) in [7, 11) is 0. The van der Waals surface area contributed by atoms with E-state index >= 15 is 0 Å². The third-order valence-electron chi connectivity index (χ3n) is 2.70. The molecule has 1 aromatic rings. The second-order valence-corrected chi connectivity index (χ2v) is 5.13. The predicted octanol–water partition coefficient (Wildman–Crippen LogP) is 3.41. The lowest BCUT2D eigenvalue weighted by Gasteiger charge is -2.26. The molecule has 0 spiro atoms. The van der Waals surface area contributed by atoms with Crippen LogP contribution in [0.4, 0.5) is 10.5 Å². The van der Waals surface area contributed by atoms with Crippen molar-refractivity contribution in [3.63, 3.8) is 0 Å². The molecule has 0 aromatic heterocycles. The molecule has 0 saturated carbocycles. The quantitative estimate of drug-likeness (QED) is 0.889. The van der Waals surface area contributed by atoms with Crippen LogP contribution in [0.3, 0.4) is 0 Å². The Hall–Kier alpha value is -1.56. The molecule has 0 aliphatic heterocycles. The summed E-state index contributed by atoms with van der Waals surface area (Å²) in [6, 6.07) is 4.48. The van der Waals surface area contributed by atoms with Crippen LogP contribution in [0.1, 0.15) is 31.1 Å². The molecule has 2 N–H and O–H groups in total. The van der Waals surface area contributed by atoms with Crippen molar-refractivity contribution in [2.75, 3.05) is 11.9 Å². The number of benzene rings is 1. The molecular formula is C13H17BrN2O3. The number of urea groups is 1. The molecule has 2 amide bonds. The van der Waals surface area contributed by atoms with Gasteiger partial charge in [-0.3, -0.25) is 0 Å². The van der Waals surface area contributed by atoms with Crippen molar-refractivity contribution in [2.24, 2.45) is 0 Å². The standard InChI is InChI=1S/C13H17BrN2O3/c1-4-16(8(2)3)13(19)15-11-9(12(17)18)6-5-7-10(11)14/h5-8H,4H2,1-3H3,(H,15,19)(H,17,18). The van der Waals surface area contributed by atoms with Crippen LogP contribution < -0.4 is 5.32 Å². The normalized spacial score (nSPS) is 10.4. The lowest BCUT2D eigenvalue weighted by molar-refractivity contribution is 0.0698. The second-order valence-electron chi connectivity index (χ2n) is 4.28. The average molecular weight is 329 g/mol. The highest BCUT2D eigenvalue weighted by Gasteiger charge is 2.19. The fourth-order valence-electron chi connectivity index (χ4n) is 1.75. The Bertz CT molecular complexity index is 489. The zero-order chi connectivity index (χ0) is 14.6. The van der Waals surface area contributed by atoms with Crippen LogP contribution in [-0.4, -0.2) is 34.6 Å². The van der Waals surface area contributed by atoms with Gasteiger partial charge in [-0.25, -0.2) is 9.59 Å². The Kier molecular flexibility index (Phi) is 5.35. The zero-order valence-corrected chi connectivity index (χ0v) is 12.7. The first-order chi connectivity index (χ1) is 8.88. The van der Waals surface area contributed by atoms with Crippen molar-refractivity contribution in [3.8, 4) is 0 Å². The second kappa shape index (κ2) is 6.56. The topological polar surface area (TPSA) is 69.6 Å². The lowest BCUT2D eigenvalue weighted by Crippen LogP contribution is -2.40. The predicted molar refractivity (Wildman–Crippen MR) is 77.6 cm³/mol. The number of carbonyl (C=O) groups is 2. The molecule has 1 rings (SSSR count). The SMILES string of the molecule is CCN(C(=O)Nc1c(Br)cccc1C(=O)O)C(C)C. The van der Waals surface area contributed by atoms with Crippen LogP contribution in [0, 0.1) is 0 Å². The maximum atomic E-state index is 12.1. The van der Waals surface area contributed by atoms with E-state index in [0.717, 1.165) is 0 Å². The van der Waals surface area contributed by atoms with Crippen LogP contribution in [0.5, 0.6) is 0 Å². The van der Waals surface area contributed by atoms with Crippen molar-refractivity contribution < 1.29 is 14.7 Å². The minimum atomic E-state index is -1.08. The zero-order valence-electron chi connectivity index (χ0n) is 11.1. The first-order valence-corrected chi connectivity index (χ1v) is 6.77. The number of anilines is 1. The number of hydrogen-bond acceptors (Lipinski definition) is 2. The molecule has 104 valence electrons. The number of nitrogens with one attached hydrogen (secondary N) is 1. The number of para-hydroxylation sites is 1. The van der Waals surface area contributed by atoms with Crippen LogP contribution >= 0.6 is 15.9 Å². The number of carboxylic acids is 1. The van der Waals surface area contributed by atoms with Crippen LogP contribution in [0.15, 0.2) is 22.7 Å². The molecule has 6 heteroatoms. The van der Waals surface area contributed by atoms with E-state index in [1.165, 1.54) is 6.07 Å². The van der Waals surface area contributed by atoms with E-state index < -0.39 is 5.97 Å². The monoisotopic (exact) mass is 328 g/mol. The lowest BCUT2D eigenvalue weighted by atomic mass is 10.2. The fraction of sp³-hybridized carbons (Fsp3) is 0.385. The Morgan fingerprint density at radius 1 is 1.42 bits per heavy atom. The van der Waals surface area contributed by atoms with Gasteiger partial charge >= 0.3 is 12.0 Å². The van der Waals surface area contributed by atoms with Crippen molar-refractivity contribution in [1.82, 2.24) is 4.90 Å². The van der Waals surface area contributed by atoms with Gasteiger partial charge < -0.3 is 15.3 Å². The molecule has 1 aromatic carbocycles. The van der Waals surface area contributed by atoms with E-state index in [0.29, 0.717) is 11.0 Å². The van der Waals surface area contributed by atoms with Gasteiger partial charge in [0.2, 0.25) is 0 Å². The maximum absolute atomic E-state index is 12.1. The highest BCUT2D eigenvalue weighted by Crippen LogP contribution is 2.27. The molecule has 0 radical (unpaired) electrons. The Balaban J connectivity index is 3.05. The smallest absolute Gasteiger partial charge is 0.337 e. The highest BCUT2D eigenvalue weighted by atomic mass is 79.9. The summed E-state index contributed by atoms with van der Waals surface area (Å²) in [4.78, 5) is 24.9. The molecule has 0 fully saturated rings. The minimum Gasteiger partial charge on any atom is -0.478 e. The molecule has 19 heavy (non-hydrogen) atoms. The number of hydrogen-bond donors (Lipinski definition) is 2. The molecule has 0 aliphatic rings. The molecule has 0 heterocycles. The summed E-state index contributed by atoms with van der Waals surface area (Å²) in [5.74, 6) is -1.08. The molecule has 0 saturated heterocycles. The molecule has 0 bridgehead atoms. The van der Waals surface area contributed by atoms with E-state index in [-0.39, 0.29) is 23.3 Å². The van der Waals surface area contributed by atoms with E-state index in [1.54, 1.807) is 17.0 Å². The summed E-state index contributed by atoms with van der Waals surface area (Å²) < 4.78 is 0.542. The van der Waals surface area contributed by atoms with Crippen LogP contribution in [-0.2, 0) is 0 Å². The van der Waals surface area contributed by atoms with Gasteiger partial charge in [0.15, 0.2) is 0 Å². The Labute approximate surface area is 120 Å². The Morgan fingerprint density at radius 2 is 2.05 bits per heavy atom. The van der Waals surface area contributed by atoms with Crippen LogP contribution in [0.25, 0.3) is 0 Å². The van der Waals surface area contributed by atoms with Crippen molar-refractivity contribution >= 4 is 33.6 Å². The van der Waals surface area contributed by atoms with Gasteiger partial charge in [-0.2, -0.15) is 0 Å². The van der Waals surface area contributed by atoms with Crippen molar-refractivity contribution in [1.29, 1.82) is 0 Å². The molecule has 0 atom stereocenters. The summed E-state index contributed by atoms with van der Waals surface area (Å²) in [6.07, 6.45) is 0. The number of amides is 2. The third-order valence-corrected chi connectivity index (χ3v) is 3.36. The third kappa shape index (κ3) is 3.70. The first-order valence-electron chi connectivity index (χ1n) is 5.97. The van der Waals surface area contributed by atoms with Gasteiger partial charge in [0.1, 0.15) is 0 Å². The first kappa shape index (κ1) is 15.5. The molecule has 0 aliphatic carbocycles. The summed E-state index contributed by atoms with van der Waals surface area (Å²) in [5.41, 5.74) is 0.335. The number of carbonyl (C=O) groups excluding carboxylic acids is 1. The maximum Gasteiger partial charge on any atom is 0.337 e. The Morgan fingerprint density at radius 3 is 2.53 bits per heavy atom. The molecule has 0 unspecified atom stereocenters. The van der Waals surface area contributed by atoms with E-state index in [4.69, 9.17) is 5.11 Å². The number of carboxylic acid groups (broad SMARTS) is 1. The van der Waals surface area contributed by atoms with Crippen molar-refractivity contribution in [2.45, 2.75) is 26.8 Å². The molecular weight excluding hydrogens is 312 g/mol. The fourth-order valence-corrected chi connectivity index (χ4v) is 2.22. The van der Waals surface area contributed by atoms with Crippen LogP contribution in [0.2, 0.25) is 0 Å². The van der Waals surface area contributed by atoms with Gasteiger partial charge in [0.25, 0.3) is 0 Å². The van der Waals surface area contributed by atoms with E-state index in [1.807, 2.05) is 20.8 Å². The number of aromatic carboxylic acids is 1. The average Bonchev–Trinajstić information content (AvgIpc) is 2.31. The van der Waals surface area contributed by atoms with Gasteiger partial charge in [-0.15, -0.1) is 0 Å². The number of halogens is 1.